The fourth-order valence-electron chi connectivity index (χ4n) is 2.88. The van der Waals surface area contributed by atoms with E-state index in [2.05, 4.69) is 30.8 Å². The van der Waals surface area contributed by atoms with E-state index in [1.165, 1.54) is 0 Å². The summed E-state index contributed by atoms with van der Waals surface area (Å²) in [6.07, 6.45) is 2.73. The van der Waals surface area contributed by atoms with E-state index in [-0.39, 0.29) is 11.9 Å². The van der Waals surface area contributed by atoms with Gasteiger partial charge in [-0.3, -0.25) is 9.79 Å². The van der Waals surface area contributed by atoms with Gasteiger partial charge in [0.15, 0.2) is 5.96 Å². The van der Waals surface area contributed by atoms with Crippen LogP contribution in [0.1, 0.15) is 27.2 Å². The van der Waals surface area contributed by atoms with Crippen molar-refractivity contribution in [2.45, 2.75) is 33.2 Å². The van der Waals surface area contributed by atoms with Gasteiger partial charge in [-0.2, -0.15) is 0 Å². The summed E-state index contributed by atoms with van der Waals surface area (Å²) in [6, 6.07) is 3.94. The number of anilines is 1. The monoisotopic (exact) mass is 380 g/mol. The number of aromatic nitrogens is 1. The summed E-state index contributed by atoms with van der Waals surface area (Å²) < 4.78 is 0. The Bertz CT molecular complexity index is 648. The Hall–Kier alpha value is -2.02. The van der Waals surface area contributed by atoms with Gasteiger partial charge in [0.05, 0.1) is 17.0 Å². The lowest BCUT2D eigenvalue weighted by molar-refractivity contribution is -0.128. The molecule has 1 aromatic rings. The van der Waals surface area contributed by atoms with Crippen LogP contribution in [0.3, 0.4) is 0 Å². The molecule has 1 aliphatic rings. The van der Waals surface area contributed by atoms with Gasteiger partial charge in [0.25, 0.3) is 0 Å². The highest BCUT2D eigenvalue weighted by Crippen LogP contribution is 2.25. The van der Waals surface area contributed by atoms with Crippen molar-refractivity contribution in [3.05, 3.63) is 23.4 Å². The van der Waals surface area contributed by atoms with E-state index in [0.29, 0.717) is 11.6 Å². The van der Waals surface area contributed by atoms with Gasteiger partial charge in [-0.05, 0) is 39.3 Å². The smallest absolute Gasteiger partial charge is 0.227 e. The molecule has 1 amide bonds. The molecule has 1 fully saturated rings. The van der Waals surface area contributed by atoms with E-state index in [1.54, 1.807) is 13.2 Å². The molecule has 0 aliphatic carbocycles. The van der Waals surface area contributed by atoms with E-state index < -0.39 is 5.41 Å². The molecule has 2 heterocycles. The number of nitrogens with zero attached hydrogens (tertiary/aromatic N) is 3. The molecule has 26 heavy (non-hydrogen) atoms. The molecule has 0 saturated carbocycles. The first kappa shape index (κ1) is 20.3. The zero-order valence-corrected chi connectivity index (χ0v) is 16.7. The lowest BCUT2D eigenvalue weighted by Crippen LogP contribution is -2.45. The van der Waals surface area contributed by atoms with Crippen molar-refractivity contribution >= 4 is 29.3 Å². The van der Waals surface area contributed by atoms with Crippen LogP contribution in [0.4, 0.5) is 5.82 Å². The van der Waals surface area contributed by atoms with Crippen LogP contribution in [0.2, 0.25) is 5.02 Å². The minimum atomic E-state index is -0.555. The molecule has 1 aliphatic heterocycles. The van der Waals surface area contributed by atoms with Crippen LogP contribution in [-0.2, 0) is 4.79 Å². The zero-order chi connectivity index (χ0) is 19.2. The quantitative estimate of drug-likeness (QED) is 0.516. The SMILES string of the molecule is CCNC(=NCC(C)(C)C(=O)NC)NC1CCN(c2ncccc2Cl)C1. The maximum Gasteiger partial charge on any atom is 0.227 e. The number of rotatable bonds is 6. The summed E-state index contributed by atoms with van der Waals surface area (Å²) in [5.41, 5.74) is -0.555. The first-order valence-corrected chi connectivity index (χ1v) is 9.37. The Labute approximate surface area is 160 Å². The average Bonchev–Trinajstić information content (AvgIpc) is 3.08. The van der Waals surface area contributed by atoms with Gasteiger partial charge in [0.1, 0.15) is 5.82 Å². The van der Waals surface area contributed by atoms with Gasteiger partial charge in [-0.15, -0.1) is 0 Å². The van der Waals surface area contributed by atoms with E-state index in [1.807, 2.05) is 32.9 Å². The van der Waals surface area contributed by atoms with Crippen molar-refractivity contribution in [2.75, 3.05) is 38.1 Å². The van der Waals surface area contributed by atoms with Crippen molar-refractivity contribution in [3.63, 3.8) is 0 Å². The van der Waals surface area contributed by atoms with Crippen LogP contribution in [0.15, 0.2) is 23.3 Å². The Kier molecular flexibility index (Phi) is 7.08. The molecule has 7 nitrogen and oxygen atoms in total. The minimum absolute atomic E-state index is 0.0195. The molecule has 0 spiro atoms. The topological polar surface area (TPSA) is 81.6 Å². The van der Waals surface area contributed by atoms with Crippen molar-refractivity contribution in [2.24, 2.45) is 10.4 Å². The second kappa shape index (κ2) is 9.07. The summed E-state index contributed by atoms with van der Waals surface area (Å²) in [7, 11) is 1.65. The predicted octanol–water partition coefficient (Wildman–Crippen LogP) is 1.64. The first-order chi connectivity index (χ1) is 12.4. The summed E-state index contributed by atoms with van der Waals surface area (Å²) in [5.74, 6) is 1.53. The van der Waals surface area contributed by atoms with Gasteiger partial charge in [0, 0.05) is 38.9 Å². The Morgan fingerprint density at radius 2 is 2.27 bits per heavy atom. The molecule has 2 rings (SSSR count). The average molecular weight is 381 g/mol. The highest BCUT2D eigenvalue weighted by atomic mass is 35.5. The van der Waals surface area contributed by atoms with Crippen molar-refractivity contribution in [1.82, 2.24) is 20.9 Å². The standard InChI is InChI=1S/C18H29ClN6O/c1-5-21-17(23-12-18(2,3)16(26)20-4)24-13-8-10-25(11-13)15-14(19)7-6-9-22-15/h6-7,9,13H,5,8,10-12H2,1-4H3,(H,20,26)(H2,21,23,24). The summed E-state index contributed by atoms with van der Waals surface area (Å²) in [4.78, 5) is 23.1. The van der Waals surface area contributed by atoms with Gasteiger partial charge in [-0.1, -0.05) is 11.6 Å². The van der Waals surface area contributed by atoms with Crippen LogP contribution < -0.4 is 20.9 Å². The fraction of sp³-hybridized carbons (Fsp3) is 0.611. The summed E-state index contributed by atoms with van der Waals surface area (Å²) in [6.45, 7) is 8.66. The molecule has 1 saturated heterocycles. The normalized spacial score (nSPS) is 18.0. The van der Waals surface area contributed by atoms with Crippen LogP contribution in [0.5, 0.6) is 0 Å². The van der Waals surface area contributed by atoms with E-state index >= 15 is 0 Å². The third-order valence-corrected chi connectivity index (χ3v) is 4.68. The predicted molar refractivity (Wildman–Crippen MR) is 107 cm³/mol. The Morgan fingerprint density at radius 1 is 1.50 bits per heavy atom. The third-order valence-electron chi connectivity index (χ3n) is 4.39. The molecule has 1 aromatic heterocycles. The maximum atomic E-state index is 11.9. The zero-order valence-electron chi connectivity index (χ0n) is 16.0. The Balaban J connectivity index is 1.99. The number of carbonyl (C=O) groups is 1. The number of hydrogen-bond acceptors (Lipinski definition) is 4. The largest absolute Gasteiger partial charge is 0.359 e. The Morgan fingerprint density at radius 3 is 2.92 bits per heavy atom. The second-order valence-corrected chi connectivity index (χ2v) is 7.45. The number of hydrogen-bond donors (Lipinski definition) is 3. The number of aliphatic imine (C=N–C) groups is 1. The second-order valence-electron chi connectivity index (χ2n) is 7.04. The first-order valence-electron chi connectivity index (χ1n) is 9.00. The fourth-order valence-corrected chi connectivity index (χ4v) is 3.12. The molecular formula is C18H29ClN6O. The number of guanidine groups is 1. The number of amides is 1. The molecule has 3 N–H and O–H groups in total. The van der Waals surface area contributed by atoms with Gasteiger partial charge >= 0.3 is 0 Å². The van der Waals surface area contributed by atoms with Gasteiger partial charge < -0.3 is 20.9 Å². The van der Waals surface area contributed by atoms with Crippen molar-refractivity contribution < 1.29 is 4.79 Å². The number of pyridine rings is 1. The lowest BCUT2D eigenvalue weighted by Gasteiger charge is -2.23. The lowest BCUT2D eigenvalue weighted by atomic mass is 9.93. The number of nitrogens with one attached hydrogen (secondary N) is 3. The van der Waals surface area contributed by atoms with Crippen LogP contribution >= 0.6 is 11.6 Å². The summed E-state index contributed by atoms with van der Waals surface area (Å²) in [5, 5.41) is 10.1. The number of carbonyl (C=O) groups excluding carboxylic acids is 1. The molecule has 1 unspecified atom stereocenters. The maximum absolute atomic E-state index is 11.9. The molecule has 144 valence electrons. The molecular weight excluding hydrogens is 352 g/mol. The highest BCUT2D eigenvalue weighted by Gasteiger charge is 2.28. The minimum Gasteiger partial charge on any atom is -0.359 e. The molecule has 0 aromatic carbocycles. The van der Waals surface area contributed by atoms with Crippen LogP contribution in [0, 0.1) is 5.41 Å². The highest BCUT2D eigenvalue weighted by molar-refractivity contribution is 6.32. The number of halogens is 1. The van der Waals surface area contributed by atoms with E-state index in [0.717, 1.165) is 37.8 Å². The van der Waals surface area contributed by atoms with Gasteiger partial charge in [0.2, 0.25) is 5.91 Å². The molecule has 1 atom stereocenters. The molecule has 0 bridgehead atoms. The van der Waals surface area contributed by atoms with Crippen molar-refractivity contribution in [1.29, 1.82) is 0 Å². The van der Waals surface area contributed by atoms with Crippen molar-refractivity contribution in [3.8, 4) is 0 Å². The van der Waals surface area contributed by atoms with Crippen LogP contribution in [0.25, 0.3) is 0 Å². The third kappa shape index (κ3) is 5.24. The molecule has 8 heteroatoms. The molecule has 0 radical (unpaired) electrons. The van der Waals surface area contributed by atoms with Gasteiger partial charge in [-0.25, -0.2) is 4.98 Å². The van der Waals surface area contributed by atoms with Crippen LogP contribution in [-0.4, -0.2) is 56.1 Å². The summed E-state index contributed by atoms with van der Waals surface area (Å²) >= 11 is 6.25. The van der Waals surface area contributed by atoms with E-state index in [4.69, 9.17) is 11.6 Å². The van der Waals surface area contributed by atoms with E-state index in [9.17, 15) is 4.79 Å².